The molecule has 1 heterocycles. The van der Waals surface area contributed by atoms with Gasteiger partial charge < -0.3 is 19.1 Å². The van der Waals surface area contributed by atoms with E-state index in [1.165, 1.54) is 36.1 Å². The summed E-state index contributed by atoms with van der Waals surface area (Å²) in [7, 11) is 3.10. The number of nitrogens with zero attached hydrogens (tertiary/aromatic N) is 2. The molecule has 1 atom stereocenters. The number of rotatable bonds is 9. The van der Waals surface area contributed by atoms with Gasteiger partial charge in [-0.1, -0.05) is 23.8 Å². The van der Waals surface area contributed by atoms with Crippen LogP contribution in [-0.2, 0) is 20.8 Å². The van der Waals surface area contributed by atoms with E-state index >= 15 is 0 Å². The zero-order valence-corrected chi connectivity index (χ0v) is 22.3. The first-order chi connectivity index (χ1) is 18.7. The quantitative estimate of drug-likeness (QED) is 0.234. The van der Waals surface area contributed by atoms with Gasteiger partial charge in [-0.05, 0) is 67.4 Å². The Balaban J connectivity index is 1.61. The molecule has 9 nitrogen and oxygen atoms in total. The summed E-state index contributed by atoms with van der Waals surface area (Å²) in [5, 5.41) is 0. The number of amides is 3. The number of hydrogen-bond acceptors (Lipinski definition) is 7. The van der Waals surface area contributed by atoms with Crippen molar-refractivity contribution in [1.29, 1.82) is 0 Å². The first-order valence-corrected chi connectivity index (χ1v) is 12.5. The molecule has 0 aromatic heterocycles. The molecule has 0 saturated carbocycles. The van der Waals surface area contributed by atoms with Crippen molar-refractivity contribution in [2.45, 2.75) is 32.7 Å². The fourth-order valence-electron chi connectivity index (χ4n) is 4.51. The average Bonchev–Trinajstić information content (AvgIpc) is 3.22. The molecular weight excluding hydrogens is 500 g/mol. The summed E-state index contributed by atoms with van der Waals surface area (Å²) < 4.78 is 15.7. The van der Waals surface area contributed by atoms with Crippen LogP contribution in [0.4, 0.5) is 5.69 Å². The summed E-state index contributed by atoms with van der Waals surface area (Å²) in [5.74, 6) is -0.286. The number of hydrogen-bond donors (Lipinski definition) is 0. The SMILES string of the molecule is COc1ccc(CCN(C(=O)c2ccc(C)cc2)C2CC(=O)N(c3ccc(OC(C)=O)cc3)C2=O)cc1OC. The van der Waals surface area contributed by atoms with Gasteiger partial charge in [0.1, 0.15) is 11.8 Å². The van der Waals surface area contributed by atoms with E-state index in [0.29, 0.717) is 34.9 Å². The number of anilines is 1. The number of carbonyl (C=O) groups is 4. The van der Waals surface area contributed by atoms with Crippen LogP contribution in [0.1, 0.15) is 34.8 Å². The Kier molecular flexibility index (Phi) is 8.29. The van der Waals surface area contributed by atoms with Crippen LogP contribution in [0.3, 0.4) is 0 Å². The highest BCUT2D eigenvalue weighted by Crippen LogP contribution is 2.30. The molecule has 3 amide bonds. The van der Waals surface area contributed by atoms with Crippen LogP contribution in [0, 0.1) is 6.92 Å². The van der Waals surface area contributed by atoms with Crippen molar-refractivity contribution in [2.75, 3.05) is 25.7 Å². The highest BCUT2D eigenvalue weighted by molar-refractivity contribution is 6.23. The molecule has 1 fully saturated rings. The minimum Gasteiger partial charge on any atom is -0.493 e. The minimum atomic E-state index is -0.973. The molecule has 0 N–H and O–H groups in total. The lowest BCUT2D eigenvalue weighted by molar-refractivity contribution is -0.132. The summed E-state index contributed by atoms with van der Waals surface area (Å²) in [4.78, 5) is 54.1. The van der Waals surface area contributed by atoms with Crippen molar-refractivity contribution in [2.24, 2.45) is 0 Å². The molecule has 1 unspecified atom stereocenters. The standard InChI is InChI=1S/C30H30N2O7/c1-19-5-8-22(9-6-19)29(35)31(16-15-21-7-14-26(37-3)27(17-21)38-4)25-18-28(34)32(30(25)36)23-10-12-24(13-11-23)39-20(2)33/h5-14,17,25H,15-16,18H2,1-4H3. The van der Waals surface area contributed by atoms with Gasteiger partial charge in [0, 0.05) is 19.0 Å². The molecule has 1 aliphatic heterocycles. The maximum absolute atomic E-state index is 13.7. The third-order valence-electron chi connectivity index (χ3n) is 6.50. The largest absolute Gasteiger partial charge is 0.493 e. The Morgan fingerprint density at radius 1 is 0.923 bits per heavy atom. The molecule has 0 spiro atoms. The Labute approximate surface area is 226 Å². The van der Waals surface area contributed by atoms with Gasteiger partial charge in [-0.15, -0.1) is 0 Å². The zero-order chi connectivity index (χ0) is 28.1. The second-order valence-electron chi connectivity index (χ2n) is 9.18. The van der Waals surface area contributed by atoms with Gasteiger partial charge >= 0.3 is 5.97 Å². The monoisotopic (exact) mass is 530 g/mol. The predicted molar refractivity (Wildman–Crippen MR) is 144 cm³/mol. The van der Waals surface area contributed by atoms with Crippen molar-refractivity contribution in [3.8, 4) is 17.2 Å². The Morgan fingerprint density at radius 2 is 1.59 bits per heavy atom. The summed E-state index contributed by atoms with van der Waals surface area (Å²) >= 11 is 0. The Bertz CT molecular complexity index is 1380. The van der Waals surface area contributed by atoms with Crippen LogP contribution in [0.15, 0.2) is 66.7 Å². The van der Waals surface area contributed by atoms with Crippen LogP contribution in [0.2, 0.25) is 0 Å². The molecule has 0 aliphatic carbocycles. The van der Waals surface area contributed by atoms with Crippen molar-refractivity contribution in [3.05, 3.63) is 83.4 Å². The lowest BCUT2D eigenvalue weighted by atomic mass is 10.1. The molecular formula is C30H30N2O7. The number of ether oxygens (including phenoxy) is 3. The normalized spacial score (nSPS) is 14.8. The molecule has 39 heavy (non-hydrogen) atoms. The van der Waals surface area contributed by atoms with Gasteiger partial charge in [0.05, 0.1) is 26.3 Å². The van der Waals surface area contributed by atoms with Gasteiger partial charge in [0.15, 0.2) is 11.5 Å². The summed E-state index contributed by atoms with van der Waals surface area (Å²) in [6.45, 7) is 3.41. The molecule has 0 bridgehead atoms. The second kappa shape index (κ2) is 11.8. The van der Waals surface area contributed by atoms with E-state index in [4.69, 9.17) is 14.2 Å². The summed E-state index contributed by atoms with van der Waals surface area (Å²) in [6.07, 6.45) is 0.279. The fraction of sp³-hybridized carbons (Fsp3) is 0.267. The number of methoxy groups -OCH3 is 2. The summed E-state index contributed by atoms with van der Waals surface area (Å²) in [5.41, 5.74) is 2.64. The Morgan fingerprint density at radius 3 is 2.21 bits per heavy atom. The van der Waals surface area contributed by atoms with Crippen molar-refractivity contribution in [1.82, 2.24) is 4.90 Å². The number of carbonyl (C=O) groups excluding carboxylic acids is 4. The van der Waals surface area contributed by atoms with E-state index in [-0.39, 0.29) is 18.9 Å². The smallest absolute Gasteiger partial charge is 0.308 e. The van der Waals surface area contributed by atoms with E-state index in [0.717, 1.165) is 16.0 Å². The highest BCUT2D eigenvalue weighted by Gasteiger charge is 2.44. The number of benzene rings is 3. The van der Waals surface area contributed by atoms with Gasteiger partial charge in [-0.2, -0.15) is 0 Å². The van der Waals surface area contributed by atoms with Crippen LogP contribution >= 0.6 is 0 Å². The topological polar surface area (TPSA) is 102 Å². The zero-order valence-electron chi connectivity index (χ0n) is 22.3. The van der Waals surface area contributed by atoms with Gasteiger partial charge in [0.25, 0.3) is 11.8 Å². The third kappa shape index (κ3) is 6.09. The van der Waals surface area contributed by atoms with Gasteiger partial charge in [-0.25, -0.2) is 4.90 Å². The number of aryl methyl sites for hydroxylation is 1. The van der Waals surface area contributed by atoms with Crippen LogP contribution < -0.4 is 19.1 Å². The third-order valence-corrected chi connectivity index (χ3v) is 6.50. The maximum atomic E-state index is 13.7. The molecule has 4 rings (SSSR count). The second-order valence-corrected chi connectivity index (χ2v) is 9.18. The fourth-order valence-corrected chi connectivity index (χ4v) is 4.51. The van der Waals surface area contributed by atoms with E-state index in [9.17, 15) is 19.2 Å². The molecule has 202 valence electrons. The number of imide groups is 1. The van der Waals surface area contributed by atoms with Crippen LogP contribution in [0.5, 0.6) is 17.2 Å². The van der Waals surface area contributed by atoms with Crippen molar-refractivity contribution >= 4 is 29.4 Å². The van der Waals surface area contributed by atoms with Crippen molar-refractivity contribution in [3.63, 3.8) is 0 Å². The maximum Gasteiger partial charge on any atom is 0.308 e. The summed E-state index contributed by atoms with van der Waals surface area (Å²) in [6, 6.07) is 17.7. The van der Waals surface area contributed by atoms with Crippen LogP contribution in [-0.4, -0.2) is 55.4 Å². The van der Waals surface area contributed by atoms with E-state index < -0.39 is 23.8 Å². The molecule has 9 heteroatoms. The van der Waals surface area contributed by atoms with E-state index in [2.05, 4.69) is 0 Å². The number of esters is 1. The van der Waals surface area contributed by atoms with E-state index in [1.54, 1.807) is 32.4 Å². The lowest BCUT2D eigenvalue weighted by Crippen LogP contribution is -2.46. The molecule has 1 saturated heterocycles. The molecule has 3 aromatic carbocycles. The molecule has 3 aromatic rings. The lowest BCUT2D eigenvalue weighted by Gasteiger charge is -2.28. The first kappa shape index (κ1) is 27.4. The average molecular weight is 531 g/mol. The minimum absolute atomic E-state index is 0.145. The molecule has 1 aliphatic rings. The van der Waals surface area contributed by atoms with Gasteiger partial charge in [0.2, 0.25) is 5.91 Å². The van der Waals surface area contributed by atoms with Crippen LogP contribution in [0.25, 0.3) is 0 Å². The first-order valence-electron chi connectivity index (χ1n) is 12.5. The Hall–Kier alpha value is -4.66. The highest BCUT2D eigenvalue weighted by atomic mass is 16.5. The predicted octanol–water partition coefficient (Wildman–Crippen LogP) is 3.95. The molecule has 0 radical (unpaired) electrons. The van der Waals surface area contributed by atoms with Gasteiger partial charge in [-0.3, -0.25) is 19.2 Å². The van der Waals surface area contributed by atoms with E-state index in [1.807, 2.05) is 31.2 Å². The van der Waals surface area contributed by atoms with Crippen molar-refractivity contribution < 1.29 is 33.4 Å².